The van der Waals surface area contributed by atoms with Crippen LogP contribution in [-0.4, -0.2) is 33.3 Å². The highest BCUT2D eigenvalue weighted by molar-refractivity contribution is 5.42. The number of aromatic amines is 1. The molecule has 2 aromatic heterocycles. The molecule has 2 aromatic rings. The van der Waals surface area contributed by atoms with Gasteiger partial charge < -0.3 is 4.90 Å². The molecular formula is C18H24F3N5. The zero-order valence-corrected chi connectivity index (χ0v) is 15.3. The highest BCUT2D eigenvalue weighted by Crippen LogP contribution is 2.33. The summed E-state index contributed by atoms with van der Waals surface area (Å²) in [6.45, 7) is 7.10. The average Bonchev–Trinajstić information content (AvgIpc) is 3.09. The summed E-state index contributed by atoms with van der Waals surface area (Å²) in [5.41, 5.74) is 2.80. The second kappa shape index (κ2) is 7.25. The lowest BCUT2D eigenvalue weighted by Crippen LogP contribution is -2.34. The van der Waals surface area contributed by atoms with Gasteiger partial charge in [0.05, 0.1) is 6.20 Å². The minimum Gasteiger partial charge on any atom is -0.356 e. The van der Waals surface area contributed by atoms with Gasteiger partial charge in [-0.25, -0.2) is 9.97 Å². The molecule has 1 N–H and O–H groups in total. The number of alkyl halides is 3. The van der Waals surface area contributed by atoms with E-state index < -0.39 is 12.0 Å². The van der Waals surface area contributed by atoms with Crippen molar-refractivity contribution < 1.29 is 13.2 Å². The zero-order chi connectivity index (χ0) is 18.9. The maximum atomic E-state index is 13.2. The average molecular weight is 367 g/mol. The lowest BCUT2D eigenvalue weighted by molar-refractivity contribution is -0.145. The first-order chi connectivity index (χ1) is 12.3. The Balaban J connectivity index is 1.79. The first-order valence-electron chi connectivity index (χ1n) is 9.02. The van der Waals surface area contributed by atoms with Gasteiger partial charge in [-0.05, 0) is 30.7 Å². The first kappa shape index (κ1) is 18.7. The zero-order valence-electron chi connectivity index (χ0n) is 15.3. The minimum absolute atomic E-state index is 0.0903. The normalized spacial score (nSPS) is 16.5. The summed E-state index contributed by atoms with van der Waals surface area (Å²) in [5.74, 6) is -0.415. The Bertz CT molecular complexity index is 746. The molecule has 0 unspecified atom stereocenters. The smallest absolute Gasteiger partial charge is 0.356 e. The van der Waals surface area contributed by atoms with Crippen LogP contribution < -0.4 is 4.90 Å². The first-order valence-corrected chi connectivity index (χ1v) is 9.02. The van der Waals surface area contributed by atoms with Gasteiger partial charge in [0.15, 0.2) is 0 Å². The van der Waals surface area contributed by atoms with E-state index in [0.717, 1.165) is 25.0 Å². The van der Waals surface area contributed by atoms with E-state index in [0.29, 0.717) is 30.5 Å². The van der Waals surface area contributed by atoms with Crippen LogP contribution in [-0.2, 0) is 12.6 Å². The van der Waals surface area contributed by atoms with E-state index in [1.54, 1.807) is 6.07 Å². The maximum absolute atomic E-state index is 13.2. The number of H-pyrrole nitrogens is 1. The highest BCUT2D eigenvalue weighted by atomic mass is 19.4. The Morgan fingerprint density at radius 2 is 1.92 bits per heavy atom. The van der Waals surface area contributed by atoms with Gasteiger partial charge >= 0.3 is 6.18 Å². The summed E-state index contributed by atoms with van der Waals surface area (Å²) >= 11 is 0. The molecule has 0 radical (unpaired) electrons. The Hall–Kier alpha value is -2.12. The van der Waals surface area contributed by atoms with Gasteiger partial charge in [0.1, 0.15) is 5.82 Å². The van der Waals surface area contributed by atoms with E-state index in [1.807, 2.05) is 24.9 Å². The fourth-order valence-electron chi connectivity index (χ4n) is 3.39. The molecule has 1 aliphatic heterocycles. The van der Waals surface area contributed by atoms with Crippen molar-refractivity contribution in [3.63, 3.8) is 0 Å². The summed E-state index contributed by atoms with van der Waals surface area (Å²) in [5, 5.41) is 7.22. The third kappa shape index (κ3) is 3.83. The van der Waals surface area contributed by atoms with E-state index in [1.165, 1.54) is 5.56 Å². The van der Waals surface area contributed by atoms with E-state index in [9.17, 15) is 13.2 Å². The third-order valence-corrected chi connectivity index (χ3v) is 4.94. The van der Waals surface area contributed by atoms with E-state index in [4.69, 9.17) is 0 Å². The van der Waals surface area contributed by atoms with Gasteiger partial charge in [-0.2, -0.15) is 18.3 Å². The number of halogens is 3. The predicted octanol–water partition coefficient (Wildman–Crippen LogP) is 4.29. The van der Waals surface area contributed by atoms with Gasteiger partial charge in [0.2, 0.25) is 5.82 Å². The van der Waals surface area contributed by atoms with E-state index >= 15 is 0 Å². The highest BCUT2D eigenvalue weighted by Gasteiger charge is 2.36. The lowest BCUT2D eigenvalue weighted by Gasteiger charge is -2.33. The molecule has 0 atom stereocenters. The number of nitrogens with one attached hydrogen (secondary N) is 1. The Labute approximate surface area is 151 Å². The number of piperidine rings is 1. The number of hydrogen-bond donors (Lipinski definition) is 1. The summed E-state index contributed by atoms with van der Waals surface area (Å²) < 4.78 is 39.5. The summed E-state index contributed by atoms with van der Waals surface area (Å²) in [4.78, 5) is 9.43. The van der Waals surface area contributed by atoms with E-state index in [-0.39, 0.29) is 5.92 Å². The van der Waals surface area contributed by atoms with Gasteiger partial charge in [0, 0.05) is 36.5 Å². The molecule has 3 heterocycles. The number of aromatic nitrogens is 4. The van der Waals surface area contributed by atoms with Gasteiger partial charge in [-0.3, -0.25) is 5.10 Å². The van der Waals surface area contributed by atoms with Crippen LogP contribution in [0.2, 0.25) is 0 Å². The van der Waals surface area contributed by atoms with Crippen LogP contribution in [0.4, 0.5) is 19.0 Å². The molecule has 1 fully saturated rings. The van der Waals surface area contributed by atoms with E-state index in [2.05, 4.69) is 27.1 Å². The molecule has 0 saturated carbocycles. The molecule has 1 saturated heterocycles. The Morgan fingerprint density at radius 1 is 1.23 bits per heavy atom. The number of nitrogens with zero attached hydrogens (tertiary/aromatic N) is 4. The van der Waals surface area contributed by atoms with Crippen molar-refractivity contribution in [1.82, 2.24) is 20.2 Å². The largest absolute Gasteiger partial charge is 0.451 e. The molecule has 142 valence electrons. The molecule has 0 spiro atoms. The van der Waals surface area contributed by atoms with Gasteiger partial charge in [0.25, 0.3) is 0 Å². The van der Waals surface area contributed by atoms with Crippen molar-refractivity contribution >= 4 is 5.82 Å². The number of aryl methyl sites for hydroxylation is 1. The summed E-state index contributed by atoms with van der Waals surface area (Å²) in [6.07, 6.45) is -0.0413. The minimum atomic E-state index is -4.54. The van der Waals surface area contributed by atoms with Crippen molar-refractivity contribution in [3.05, 3.63) is 35.0 Å². The van der Waals surface area contributed by atoms with Crippen LogP contribution in [0.25, 0.3) is 0 Å². The molecule has 0 bridgehead atoms. The van der Waals surface area contributed by atoms with Gasteiger partial charge in [-0.15, -0.1) is 0 Å². The number of rotatable bonds is 4. The topological polar surface area (TPSA) is 57.7 Å². The Kier molecular flexibility index (Phi) is 5.20. The summed E-state index contributed by atoms with van der Waals surface area (Å²) in [6, 6.07) is 1.69. The van der Waals surface area contributed by atoms with Crippen molar-refractivity contribution in [2.24, 2.45) is 0 Å². The number of anilines is 1. The van der Waals surface area contributed by atoms with Gasteiger partial charge in [-0.1, -0.05) is 20.8 Å². The van der Waals surface area contributed by atoms with Crippen LogP contribution in [0.3, 0.4) is 0 Å². The van der Waals surface area contributed by atoms with Crippen molar-refractivity contribution in [2.45, 2.75) is 58.0 Å². The fourth-order valence-corrected chi connectivity index (χ4v) is 3.39. The SMILES string of the molecule is CCc1cn[nH]c1C1CCN(c2cc(C(C)C)nc(C(F)(F)F)n2)CC1. The summed E-state index contributed by atoms with van der Waals surface area (Å²) in [7, 11) is 0. The molecule has 26 heavy (non-hydrogen) atoms. The maximum Gasteiger partial charge on any atom is 0.451 e. The monoisotopic (exact) mass is 367 g/mol. The molecular weight excluding hydrogens is 343 g/mol. The van der Waals surface area contributed by atoms with Crippen LogP contribution in [0.15, 0.2) is 12.3 Å². The van der Waals surface area contributed by atoms with Crippen molar-refractivity contribution in [2.75, 3.05) is 18.0 Å². The van der Waals surface area contributed by atoms with Crippen LogP contribution in [0, 0.1) is 0 Å². The fraction of sp³-hybridized carbons (Fsp3) is 0.611. The van der Waals surface area contributed by atoms with Crippen LogP contribution in [0.5, 0.6) is 0 Å². The molecule has 3 rings (SSSR count). The molecule has 5 nitrogen and oxygen atoms in total. The number of hydrogen-bond acceptors (Lipinski definition) is 4. The standard InChI is InChI=1S/C18H24F3N5/c1-4-12-10-22-25-16(12)13-5-7-26(8-6-13)15-9-14(11(2)3)23-17(24-15)18(19,20)21/h9-11,13H,4-8H2,1-3H3,(H,22,25). The third-order valence-electron chi connectivity index (χ3n) is 4.94. The predicted molar refractivity (Wildman–Crippen MR) is 93.3 cm³/mol. The molecule has 8 heteroatoms. The Morgan fingerprint density at radius 3 is 2.50 bits per heavy atom. The molecule has 0 aromatic carbocycles. The van der Waals surface area contributed by atoms with Crippen LogP contribution in [0.1, 0.15) is 68.2 Å². The molecule has 1 aliphatic rings. The molecule has 0 aliphatic carbocycles. The lowest BCUT2D eigenvalue weighted by atomic mass is 9.91. The molecule has 0 amide bonds. The second-order valence-corrected chi connectivity index (χ2v) is 7.05. The van der Waals surface area contributed by atoms with Crippen molar-refractivity contribution in [3.8, 4) is 0 Å². The van der Waals surface area contributed by atoms with Crippen LogP contribution >= 0.6 is 0 Å². The van der Waals surface area contributed by atoms with Crippen molar-refractivity contribution in [1.29, 1.82) is 0 Å². The second-order valence-electron chi connectivity index (χ2n) is 7.05. The quantitative estimate of drug-likeness (QED) is 0.876.